The van der Waals surface area contributed by atoms with Crippen LogP contribution >= 0.6 is 0 Å². The lowest BCUT2D eigenvalue weighted by Gasteiger charge is -2.08. The van der Waals surface area contributed by atoms with Crippen molar-refractivity contribution in [3.63, 3.8) is 0 Å². The van der Waals surface area contributed by atoms with Crippen LogP contribution in [0.4, 0.5) is 0 Å². The van der Waals surface area contributed by atoms with Gasteiger partial charge in [0, 0.05) is 6.42 Å². The van der Waals surface area contributed by atoms with E-state index in [4.69, 9.17) is 4.74 Å². The lowest BCUT2D eigenvalue weighted by Crippen LogP contribution is -1.92. The molecule has 0 saturated carbocycles. The third-order valence-corrected chi connectivity index (χ3v) is 2.87. The average molecular weight is 213 g/mol. The van der Waals surface area contributed by atoms with Crippen LogP contribution in [0.1, 0.15) is 11.1 Å². The Bertz CT molecular complexity index is 529. The lowest BCUT2D eigenvalue weighted by molar-refractivity contribution is 0.415. The Morgan fingerprint density at radius 2 is 2.06 bits per heavy atom. The van der Waals surface area contributed by atoms with Crippen LogP contribution < -0.4 is 4.74 Å². The van der Waals surface area contributed by atoms with E-state index in [1.165, 1.54) is 0 Å². The number of benzene rings is 2. The SMILES string of the molecule is COc1ccc2c(C)c(C[C]=O)ccc2c1. The fraction of sp³-hybridized carbons (Fsp3) is 0.214. The molecular weight excluding hydrogens is 200 g/mol. The fourth-order valence-electron chi connectivity index (χ4n) is 1.90. The minimum Gasteiger partial charge on any atom is -0.497 e. The second kappa shape index (κ2) is 4.35. The number of carbonyl (C=O) groups excluding carboxylic acids is 1. The molecule has 0 aromatic heterocycles. The highest BCUT2D eigenvalue weighted by Gasteiger charge is 2.04. The fourth-order valence-corrected chi connectivity index (χ4v) is 1.90. The van der Waals surface area contributed by atoms with Crippen molar-refractivity contribution in [2.45, 2.75) is 13.3 Å². The van der Waals surface area contributed by atoms with Gasteiger partial charge in [-0.25, -0.2) is 0 Å². The van der Waals surface area contributed by atoms with Crippen LogP contribution in [0.5, 0.6) is 5.75 Å². The van der Waals surface area contributed by atoms with E-state index in [-0.39, 0.29) is 0 Å². The van der Waals surface area contributed by atoms with Gasteiger partial charge in [0.15, 0.2) is 0 Å². The Labute approximate surface area is 94.8 Å². The van der Waals surface area contributed by atoms with Crippen LogP contribution in [0.3, 0.4) is 0 Å². The first-order valence-corrected chi connectivity index (χ1v) is 5.17. The van der Waals surface area contributed by atoms with Crippen molar-refractivity contribution in [2.75, 3.05) is 7.11 Å². The van der Waals surface area contributed by atoms with Gasteiger partial charge in [-0.1, -0.05) is 18.2 Å². The van der Waals surface area contributed by atoms with Gasteiger partial charge in [-0.05, 0) is 41.0 Å². The first-order chi connectivity index (χ1) is 7.76. The van der Waals surface area contributed by atoms with Crippen LogP contribution in [0.2, 0.25) is 0 Å². The molecule has 2 heteroatoms. The minimum atomic E-state index is 0.355. The summed E-state index contributed by atoms with van der Waals surface area (Å²) < 4.78 is 5.18. The molecule has 0 heterocycles. The third-order valence-electron chi connectivity index (χ3n) is 2.87. The molecule has 0 aliphatic carbocycles. The summed E-state index contributed by atoms with van der Waals surface area (Å²) in [7, 11) is 1.66. The molecule has 2 aromatic carbocycles. The average Bonchev–Trinajstić information content (AvgIpc) is 2.32. The molecular formula is C14H13O2. The highest BCUT2D eigenvalue weighted by atomic mass is 16.5. The number of ether oxygens (including phenoxy) is 1. The van der Waals surface area contributed by atoms with E-state index in [0.717, 1.165) is 27.6 Å². The van der Waals surface area contributed by atoms with Crippen molar-refractivity contribution in [2.24, 2.45) is 0 Å². The zero-order valence-corrected chi connectivity index (χ0v) is 9.41. The molecule has 1 radical (unpaired) electrons. The van der Waals surface area contributed by atoms with Crippen LogP contribution in [-0.2, 0) is 11.2 Å². The Balaban J connectivity index is 2.61. The molecule has 0 aliphatic heterocycles. The van der Waals surface area contributed by atoms with Crippen molar-refractivity contribution in [3.05, 3.63) is 41.5 Å². The number of hydrogen-bond donors (Lipinski definition) is 0. The van der Waals surface area contributed by atoms with E-state index >= 15 is 0 Å². The largest absolute Gasteiger partial charge is 0.497 e. The third kappa shape index (κ3) is 1.78. The molecule has 81 valence electrons. The first kappa shape index (κ1) is 10.7. The second-order valence-electron chi connectivity index (χ2n) is 3.76. The van der Waals surface area contributed by atoms with Crippen molar-refractivity contribution in [3.8, 4) is 5.75 Å². The quantitative estimate of drug-likeness (QED) is 0.783. The smallest absolute Gasteiger partial charge is 0.203 e. The highest BCUT2D eigenvalue weighted by molar-refractivity contribution is 5.88. The first-order valence-electron chi connectivity index (χ1n) is 5.17. The Kier molecular flexibility index (Phi) is 2.91. The summed E-state index contributed by atoms with van der Waals surface area (Å²) in [5.74, 6) is 0.849. The lowest BCUT2D eigenvalue weighted by atomic mass is 9.98. The molecule has 0 unspecified atom stereocenters. The monoisotopic (exact) mass is 213 g/mol. The second-order valence-corrected chi connectivity index (χ2v) is 3.76. The van der Waals surface area contributed by atoms with Crippen LogP contribution in [0.15, 0.2) is 30.3 Å². The molecule has 16 heavy (non-hydrogen) atoms. The van der Waals surface area contributed by atoms with Gasteiger partial charge >= 0.3 is 0 Å². The van der Waals surface area contributed by atoms with E-state index in [2.05, 4.69) is 0 Å². The number of fused-ring (bicyclic) bond motifs is 1. The van der Waals surface area contributed by atoms with Gasteiger partial charge in [0.2, 0.25) is 6.29 Å². The minimum absolute atomic E-state index is 0.355. The predicted molar refractivity (Wildman–Crippen MR) is 64.6 cm³/mol. The van der Waals surface area contributed by atoms with Gasteiger partial charge in [-0.15, -0.1) is 0 Å². The molecule has 0 atom stereocenters. The molecule has 2 aromatic rings. The summed E-state index contributed by atoms with van der Waals surface area (Å²) in [6, 6.07) is 9.94. The van der Waals surface area contributed by atoms with Crippen molar-refractivity contribution in [1.29, 1.82) is 0 Å². The number of hydrogen-bond acceptors (Lipinski definition) is 2. The number of rotatable bonds is 3. The molecule has 0 N–H and O–H groups in total. The maximum atomic E-state index is 10.4. The van der Waals surface area contributed by atoms with E-state index in [1.807, 2.05) is 43.5 Å². The molecule has 2 nitrogen and oxygen atoms in total. The molecule has 0 amide bonds. The molecule has 2 rings (SSSR count). The van der Waals surface area contributed by atoms with Gasteiger partial charge in [0.25, 0.3) is 0 Å². The maximum absolute atomic E-state index is 10.4. The topological polar surface area (TPSA) is 26.3 Å². The van der Waals surface area contributed by atoms with Gasteiger partial charge < -0.3 is 4.74 Å². The van der Waals surface area contributed by atoms with Crippen molar-refractivity contribution < 1.29 is 9.53 Å². The molecule has 0 bridgehead atoms. The summed E-state index contributed by atoms with van der Waals surface area (Å²) in [5, 5.41) is 2.29. The Hall–Kier alpha value is -1.83. The normalized spacial score (nSPS) is 10.4. The zero-order valence-electron chi connectivity index (χ0n) is 9.41. The number of aryl methyl sites for hydroxylation is 1. The summed E-state index contributed by atoms with van der Waals surface area (Å²) >= 11 is 0. The molecule has 0 spiro atoms. The molecule has 0 fully saturated rings. The summed E-state index contributed by atoms with van der Waals surface area (Å²) in [5.41, 5.74) is 2.18. The zero-order chi connectivity index (χ0) is 11.5. The van der Waals surface area contributed by atoms with E-state index in [0.29, 0.717) is 6.42 Å². The molecule has 0 saturated heterocycles. The molecule has 0 aliphatic rings. The standard InChI is InChI=1S/C14H13O2/c1-10-11(7-8-15)3-4-12-9-13(16-2)5-6-14(10)12/h3-6,9H,7H2,1-2H3. The van der Waals surface area contributed by atoms with Crippen LogP contribution in [0.25, 0.3) is 10.8 Å². The van der Waals surface area contributed by atoms with Crippen LogP contribution in [-0.4, -0.2) is 13.4 Å². The van der Waals surface area contributed by atoms with Gasteiger partial charge in [0.05, 0.1) is 7.11 Å². The summed E-state index contributed by atoms with van der Waals surface area (Å²) in [4.78, 5) is 10.4. The Morgan fingerprint density at radius 3 is 2.75 bits per heavy atom. The maximum Gasteiger partial charge on any atom is 0.203 e. The van der Waals surface area contributed by atoms with Crippen molar-refractivity contribution >= 4 is 17.1 Å². The van der Waals surface area contributed by atoms with Crippen molar-refractivity contribution in [1.82, 2.24) is 0 Å². The van der Waals surface area contributed by atoms with Gasteiger partial charge in [0.1, 0.15) is 5.75 Å². The summed E-state index contributed by atoms with van der Waals surface area (Å²) in [6.45, 7) is 2.03. The van der Waals surface area contributed by atoms with E-state index in [9.17, 15) is 4.79 Å². The van der Waals surface area contributed by atoms with Gasteiger partial charge in [-0.3, -0.25) is 4.79 Å². The predicted octanol–water partition coefficient (Wildman–Crippen LogP) is 2.81. The van der Waals surface area contributed by atoms with Gasteiger partial charge in [-0.2, -0.15) is 0 Å². The Morgan fingerprint density at radius 1 is 1.25 bits per heavy atom. The number of methoxy groups -OCH3 is 1. The van der Waals surface area contributed by atoms with E-state index < -0.39 is 0 Å². The highest BCUT2D eigenvalue weighted by Crippen LogP contribution is 2.25. The summed E-state index contributed by atoms with van der Waals surface area (Å²) in [6.07, 6.45) is 2.29. The van der Waals surface area contributed by atoms with E-state index in [1.54, 1.807) is 7.11 Å². The van der Waals surface area contributed by atoms with Crippen LogP contribution in [0, 0.1) is 6.92 Å².